The maximum atomic E-state index is 6.04. The molecule has 0 amide bonds. The van der Waals surface area contributed by atoms with E-state index in [-0.39, 0.29) is 0 Å². The number of rotatable bonds is 4. The van der Waals surface area contributed by atoms with Crippen LogP contribution in [0.5, 0.6) is 0 Å². The van der Waals surface area contributed by atoms with Crippen LogP contribution in [-0.4, -0.2) is 18.8 Å². The van der Waals surface area contributed by atoms with Gasteiger partial charge in [0.25, 0.3) is 0 Å². The van der Waals surface area contributed by atoms with E-state index in [4.69, 9.17) is 4.74 Å². The van der Waals surface area contributed by atoms with Crippen LogP contribution in [0.2, 0.25) is 0 Å². The molecule has 1 aromatic rings. The maximum absolute atomic E-state index is 6.04. The summed E-state index contributed by atoms with van der Waals surface area (Å²) in [5.41, 5.74) is 4.08. The lowest BCUT2D eigenvalue weighted by Gasteiger charge is -2.25. The molecule has 18 heavy (non-hydrogen) atoms. The van der Waals surface area contributed by atoms with Crippen LogP contribution in [0.15, 0.2) is 18.2 Å². The average molecular weight is 247 g/mol. The highest BCUT2D eigenvalue weighted by Crippen LogP contribution is 2.30. The third-order valence-corrected chi connectivity index (χ3v) is 3.95. The van der Waals surface area contributed by atoms with Crippen molar-refractivity contribution in [3.05, 3.63) is 34.9 Å². The summed E-state index contributed by atoms with van der Waals surface area (Å²) in [6.07, 6.45) is 3.06. The van der Waals surface area contributed by atoms with Crippen molar-refractivity contribution in [1.29, 1.82) is 0 Å². The molecule has 0 saturated carbocycles. The van der Waals surface area contributed by atoms with Crippen LogP contribution in [0.4, 0.5) is 0 Å². The standard InChI is InChI=1S/C16H25NO/c1-5-17-16(15-9-7-13(4)18-15)14-8-6-11(2)12(3)10-14/h6,8,10,13,15-17H,5,7,9H2,1-4H3. The summed E-state index contributed by atoms with van der Waals surface area (Å²) in [7, 11) is 0. The van der Waals surface area contributed by atoms with Gasteiger partial charge in [-0.3, -0.25) is 0 Å². The molecule has 3 unspecified atom stereocenters. The van der Waals surface area contributed by atoms with Crippen molar-refractivity contribution < 1.29 is 4.74 Å². The van der Waals surface area contributed by atoms with Gasteiger partial charge in [0, 0.05) is 0 Å². The first kappa shape index (κ1) is 13.6. The molecular formula is C16H25NO. The Morgan fingerprint density at radius 1 is 1.28 bits per heavy atom. The summed E-state index contributed by atoms with van der Waals surface area (Å²) in [5.74, 6) is 0. The molecule has 1 aromatic carbocycles. The molecule has 0 bridgehead atoms. The lowest BCUT2D eigenvalue weighted by atomic mass is 9.96. The summed E-state index contributed by atoms with van der Waals surface area (Å²) < 4.78 is 6.04. The van der Waals surface area contributed by atoms with Crippen LogP contribution in [0.25, 0.3) is 0 Å². The molecule has 2 rings (SSSR count). The van der Waals surface area contributed by atoms with Gasteiger partial charge in [0.2, 0.25) is 0 Å². The first-order valence-corrected chi connectivity index (χ1v) is 7.07. The highest BCUT2D eigenvalue weighted by molar-refractivity contribution is 5.32. The summed E-state index contributed by atoms with van der Waals surface area (Å²) in [5, 5.41) is 3.58. The molecular weight excluding hydrogens is 222 g/mol. The Kier molecular flexibility index (Phi) is 4.41. The lowest BCUT2D eigenvalue weighted by molar-refractivity contribution is 0.0319. The Morgan fingerprint density at radius 2 is 2.06 bits per heavy atom. The van der Waals surface area contributed by atoms with Crippen molar-refractivity contribution in [2.24, 2.45) is 0 Å². The molecule has 1 fully saturated rings. The number of ether oxygens (including phenoxy) is 1. The second-order valence-corrected chi connectivity index (χ2v) is 5.44. The Morgan fingerprint density at radius 3 is 2.61 bits per heavy atom. The summed E-state index contributed by atoms with van der Waals surface area (Å²) in [6, 6.07) is 7.09. The van der Waals surface area contributed by atoms with Gasteiger partial charge in [-0.2, -0.15) is 0 Å². The molecule has 2 heteroatoms. The SMILES string of the molecule is CCNC(c1ccc(C)c(C)c1)C1CCC(C)O1. The summed E-state index contributed by atoms with van der Waals surface area (Å²) in [6.45, 7) is 9.65. The van der Waals surface area contributed by atoms with Gasteiger partial charge in [-0.15, -0.1) is 0 Å². The van der Waals surface area contributed by atoms with E-state index in [0.717, 1.165) is 13.0 Å². The molecule has 2 nitrogen and oxygen atoms in total. The van der Waals surface area contributed by atoms with Crippen LogP contribution in [0.3, 0.4) is 0 Å². The van der Waals surface area contributed by atoms with Crippen LogP contribution >= 0.6 is 0 Å². The fourth-order valence-corrected chi connectivity index (χ4v) is 2.72. The average Bonchev–Trinajstić information content (AvgIpc) is 2.76. The molecule has 1 aliphatic heterocycles. The van der Waals surface area contributed by atoms with Crippen molar-refractivity contribution >= 4 is 0 Å². The van der Waals surface area contributed by atoms with E-state index in [1.165, 1.54) is 23.1 Å². The van der Waals surface area contributed by atoms with Crippen LogP contribution < -0.4 is 5.32 Å². The van der Waals surface area contributed by atoms with Gasteiger partial charge in [-0.1, -0.05) is 25.1 Å². The predicted octanol–water partition coefficient (Wildman–Crippen LogP) is 3.52. The Balaban J connectivity index is 2.20. The fraction of sp³-hybridized carbons (Fsp3) is 0.625. The monoisotopic (exact) mass is 247 g/mol. The Labute approximate surface area is 111 Å². The zero-order valence-corrected chi connectivity index (χ0v) is 12.0. The molecule has 100 valence electrons. The number of aryl methyl sites for hydroxylation is 2. The minimum atomic E-state index is 0.321. The van der Waals surface area contributed by atoms with E-state index < -0.39 is 0 Å². The van der Waals surface area contributed by atoms with Gasteiger partial charge in [-0.25, -0.2) is 0 Å². The van der Waals surface area contributed by atoms with Gasteiger partial charge >= 0.3 is 0 Å². The van der Waals surface area contributed by atoms with Gasteiger partial charge in [0.15, 0.2) is 0 Å². The molecule has 1 N–H and O–H groups in total. The number of likely N-dealkylation sites (N-methyl/N-ethyl adjacent to an activating group) is 1. The Hall–Kier alpha value is -0.860. The number of hydrogen-bond acceptors (Lipinski definition) is 2. The van der Waals surface area contributed by atoms with Gasteiger partial charge in [0.1, 0.15) is 0 Å². The van der Waals surface area contributed by atoms with E-state index in [0.29, 0.717) is 18.2 Å². The molecule has 1 saturated heterocycles. The van der Waals surface area contributed by atoms with E-state index in [2.05, 4.69) is 51.2 Å². The molecule has 0 aliphatic carbocycles. The number of nitrogens with one attached hydrogen (secondary N) is 1. The second-order valence-electron chi connectivity index (χ2n) is 5.44. The van der Waals surface area contributed by atoms with E-state index in [1.54, 1.807) is 0 Å². The molecule has 3 atom stereocenters. The van der Waals surface area contributed by atoms with E-state index in [9.17, 15) is 0 Å². The van der Waals surface area contributed by atoms with Crippen LogP contribution in [0.1, 0.15) is 49.4 Å². The molecule has 0 spiro atoms. The molecule has 1 aliphatic rings. The Bertz CT molecular complexity index is 402. The minimum absolute atomic E-state index is 0.321. The lowest BCUT2D eigenvalue weighted by Crippen LogP contribution is -2.32. The smallest absolute Gasteiger partial charge is 0.0774 e. The first-order chi connectivity index (χ1) is 8.61. The fourth-order valence-electron chi connectivity index (χ4n) is 2.72. The minimum Gasteiger partial charge on any atom is -0.373 e. The molecule has 0 aromatic heterocycles. The van der Waals surface area contributed by atoms with Crippen LogP contribution in [0, 0.1) is 13.8 Å². The van der Waals surface area contributed by atoms with Gasteiger partial charge < -0.3 is 10.1 Å². The van der Waals surface area contributed by atoms with Crippen molar-refractivity contribution in [3.8, 4) is 0 Å². The van der Waals surface area contributed by atoms with Crippen molar-refractivity contribution in [1.82, 2.24) is 5.32 Å². The second kappa shape index (κ2) is 5.85. The highest BCUT2D eigenvalue weighted by atomic mass is 16.5. The van der Waals surface area contributed by atoms with Crippen molar-refractivity contribution in [3.63, 3.8) is 0 Å². The van der Waals surface area contributed by atoms with Gasteiger partial charge in [0.05, 0.1) is 18.2 Å². The number of benzene rings is 1. The number of hydrogen-bond donors (Lipinski definition) is 1. The van der Waals surface area contributed by atoms with E-state index in [1.807, 2.05) is 0 Å². The third-order valence-electron chi connectivity index (χ3n) is 3.95. The first-order valence-electron chi connectivity index (χ1n) is 7.07. The zero-order chi connectivity index (χ0) is 13.1. The molecule has 1 heterocycles. The maximum Gasteiger partial charge on any atom is 0.0774 e. The summed E-state index contributed by atoms with van der Waals surface area (Å²) in [4.78, 5) is 0. The van der Waals surface area contributed by atoms with Gasteiger partial charge in [-0.05, 0) is 56.8 Å². The quantitative estimate of drug-likeness (QED) is 0.879. The summed E-state index contributed by atoms with van der Waals surface area (Å²) >= 11 is 0. The molecule has 0 radical (unpaired) electrons. The largest absolute Gasteiger partial charge is 0.373 e. The topological polar surface area (TPSA) is 21.3 Å². The van der Waals surface area contributed by atoms with Crippen LogP contribution in [-0.2, 0) is 4.74 Å². The van der Waals surface area contributed by atoms with Crippen molar-refractivity contribution in [2.75, 3.05) is 6.54 Å². The van der Waals surface area contributed by atoms with E-state index >= 15 is 0 Å². The highest BCUT2D eigenvalue weighted by Gasteiger charge is 2.30. The predicted molar refractivity (Wildman–Crippen MR) is 75.9 cm³/mol. The third kappa shape index (κ3) is 2.93. The normalized spacial score (nSPS) is 25.3. The van der Waals surface area contributed by atoms with Crippen molar-refractivity contribution in [2.45, 2.75) is 58.8 Å². The zero-order valence-electron chi connectivity index (χ0n) is 12.0.